The molecule has 0 aromatic carbocycles. The van der Waals surface area contributed by atoms with Gasteiger partial charge in [0, 0.05) is 12.5 Å². The molecule has 1 aromatic heterocycles. The molecule has 0 amide bonds. The van der Waals surface area contributed by atoms with Crippen LogP contribution in [0, 0.1) is 5.92 Å². The first-order chi connectivity index (χ1) is 6.75. The highest BCUT2D eigenvalue weighted by molar-refractivity contribution is 4.87. The lowest BCUT2D eigenvalue weighted by molar-refractivity contribution is 0.410. The number of nitrogens with one attached hydrogen (secondary N) is 1. The third kappa shape index (κ3) is 2.09. The summed E-state index contributed by atoms with van der Waals surface area (Å²) in [5.41, 5.74) is 0. The molecule has 2 rings (SSSR count). The van der Waals surface area contributed by atoms with E-state index >= 15 is 0 Å². The van der Waals surface area contributed by atoms with Crippen LogP contribution in [0.3, 0.4) is 0 Å². The fraction of sp³-hybridized carbons (Fsp3) is 0.889. The van der Waals surface area contributed by atoms with Crippen LogP contribution < -0.4 is 5.32 Å². The first-order valence-electron chi connectivity index (χ1n) is 5.22. The van der Waals surface area contributed by atoms with E-state index in [1.165, 1.54) is 17.6 Å². The summed E-state index contributed by atoms with van der Waals surface area (Å²) in [6.45, 7) is 3.41. The Hall–Kier alpha value is -0.970. The number of hydrogen-bond donors (Lipinski definition) is 1. The van der Waals surface area contributed by atoms with Gasteiger partial charge in [-0.05, 0) is 30.5 Å². The summed E-state index contributed by atoms with van der Waals surface area (Å²) in [5.74, 6) is 1.45. The lowest BCUT2D eigenvalue weighted by Crippen LogP contribution is -2.30. The average Bonchev–Trinajstić information content (AvgIpc) is 2.75. The second kappa shape index (κ2) is 4.04. The number of aryl methyl sites for hydroxylation is 1. The summed E-state index contributed by atoms with van der Waals surface area (Å²) in [6.07, 6.45) is 3.50. The maximum absolute atomic E-state index is 4.19. The van der Waals surface area contributed by atoms with Crippen molar-refractivity contribution in [3.8, 4) is 0 Å². The molecular weight excluding hydrogens is 178 g/mol. The summed E-state index contributed by atoms with van der Waals surface area (Å²) >= 11 is 0. The van der Waals surface area contributed by atoms with Gasteiger partial charge in [0.15, 0.2) is 5.82 Å². The van der Waals surface area contributed by atoms with E-state index in [9.17, 15) is 0 Å². The van der Waals surface area contributed by atoms with Crippen LogP contribution in [0.15, 0.2) is 0 Å². The van der Waals surface area contributed by atoms with Gasteiger partial charge in [-0.1, -0.05) is 6.92 Å². The molecule has 0 bridgehead atoms. The van der Waals surface area contributed by atoms with Gasteiger partial charge in [-0.25, -0.2) is 0 Å². The minimum Gasteiger partial charge on any atom is -0.314 e. The number of aromatic nitrogens is 4. The van der Waals surface area contributed by atoms with Crippen molar-refractivity contribution in [1.29, 1.82) is 0 Å². The average molecular weight is 195 g/mol. The predicted molar refractivity (Wildman–Crippen MR) is 52.7 cm³/mol. The van der Waals surface area contributed by atoms with E-state index in [4.69, 9.17) is 0 Å². The van der Waals surface area contributed by atoms with Gasteiger partial charge in [-0.15, -0.1) is 10.2 Å². The van der Waals surface area contributed by atoms with E-state index in [1.807, 2.05) is 0 Å². The van der Waals surface area contributed by atoms with Gasteiger partial charge in [-0.3, -0.25) is 0 Å². The van der Waals surface area contributed by atoms with E-state index in [0.717, 1.165) is 18.8 Å². The summed E-state index contributed by atoms with van der Waals surface area (Å²) in [5, 5.41) is 15.5. The Morgan fingerprint density at radius 3 is 3.07 bits per heavy atom. The summed E-state index contributed by atoms with van der Waals surface area (Å²) in [7, 11) is 1.80. The second-order valence-electron chi connectivity index (χ2n) is 4.08. The van der Waals surface area contributed by atoms with Crippen LogP contribution in [0.5, 0.6) is 0 Å². The van der Waals surface area contributed by atoms with Crippen molar-refractivity contribution in [3.05, 3.63) is 5.82 Å². The molecule has 1 aliphatic rings. The SMILES string of the molecule is CC(Cc1nnn(C)n1)C1CCCN1. The minimum atomic E-state index is 0.599. The van der Waals surface area contributed by atoms with Crippen molar-refractivity contribution in [2.75, 3.05) is 6.54 Å². The second-order valence-corrected chi connectivity index (χ2v) is 4.08. The van der Waals surface area contributed by atoms with Crippen molar-refractivity contribution in [3.63, 3.8) is 0 Å². The number of rotatable bonds is 3. The van der Waals surface area contributed by atoms with Gasteiger partial charge in [-0.2, -0.15) is 4.80 Å². The summed E-state index contributed by atoms with van der Waals surface area (Å²) < 4.78 is 0. The third-order valence-electron chi connectivity index (χ3n) is 2.84. The van der Waals surface area contributed by atoms with Gasteiger partial charge < -0.3 is 5.32 Å². The fourth-order valence-corrected chi connectivity index (χ4v) is 2.03. The number of nitrogens with zero attached hydrogens (tertiary/aromatic N) is 4. The maximum Gasteiger partial charge on any atom is 0.175 e. The number of tetrazole rings is 1. The highest BCUT2D eigenvalue weighted by Crippen LogP contribution is 2.16. The van der Waals surface area contributed by atoms with Gasteiger partial charge >= 0.3 is 0 Å². The molecule has 2 heterocycles. The Bertz CT molecular complexity index is 289. The molecule has 1 saturated heterocycles. The van der Waals surface area contributed by atoms with Crippen LogP contribution in [0.1, 0.15) is 25.6 Å². The topological polar surface area (TPSA) is 55.6 Å². The quantitative estimate of drug-likeness (QED) is 0.745. The monoisotopic (exact) mass is 195 g/mol. The molecule has 1 aliphatic heterocycles. The van der Waals surface area contributed by atoms with Crippen molar-refractivity contribution in [2.45, 2.75) is 32.2 Å². The summed E-state index contributed by atoms with van der Waals surface area (Å²) in [4.78, 5) is 1.52. The van der Waals surface area contributed by atoms with E-state index in [-0.39, 0.29) is 0 Å². The first-order valence-corrected chi connectivity index (χ1v) is 5.22. The van der Waals surface area contributed by atoms with E-state index in [2.05, 4.69) is 27.7 Å². The van der Waals surface area contributed by atoms with E-state index in [1.54, 1.807) is 7.05 Å². The molecule has 1 N–H and O–H groups in total. The minimum absolute atomic E-state index is 0.599. The number of hydrogen-bond acceptors (Lipinski definition) is 4. The maximum atomic E-state index is 4.19. The predicted octanol–water partition coefficient (Wildman–Crippen LogP) is 0.141. The van der Waals surface area contributed by atoms with Crippen molar-refractivity contribution in [2.24, 2.45) is 13.0 Å². The lowest BCUT2D eigenvalue weighted by atomic mass is 9.97. The molecule has 2 unspecified atom stereocenters. The fourth-order valence-electron chi connectivity index (χ4n) is 2.03. The van der Waals surface area contributed by atoms with Gasteiger partial charge in [0.25, 0.3) is 0 Å². The lowest BCUT2D eigenvalue weighted by Gasteiger charge is -2.17. The molecule has 14 heavy (non-hydrogen) atoms. The Morgan fingerprint density at radius 2 is 2.50 bits per heavy atom. The van der Waals surface area contributed by atoms with Crippen LogP contribution in [0.4, 0.5) is 0 Å². The van der Waals surface area contributed by atoms with Crippen LogP contribution in [0.25, 0.3) is 0 Å². The molecule has 0 saturated carbocycles. The highest BCUT2D eigenvalue weighted by atomic mass is 15.6. The zero-order valence-corrected chi connectivity index (χ0v) is 8.77. The Balaban J connectivity index is 1.90. The molecule has 1 aromatic rings. The molecule has 5 heteroatoms. The van der Waals surface area contributed by atoms with Crippen LogP contribution >= 0.6 is 0 Å². The smallest absolute Gasteiger partial charge is 0.175 e. The van der Waals surface area contributed by atoms with E-state index in [0.29, 0.717) is 12.0 Å². The van der Waals surface area contributed by atoms with Crippen LogP contribution in [-0.2, 0) is 13.5 Å². The van der Waals surface area contributed by atoms with Gasteiger partial charge in [0.05, 0.1) is 7.05 Å². The van der Waals surface area contributed by atoms with Gasteiger partial charge in [0.1, 0.15) is 0 Å². The van der Waals surface area contributed by atoms with Crippen molar-refractivity contribution < 1.29 is 0 Å². The zero-order valence-electron chi connectivity index (χ0n) is 8.77. The van der Waals surface area contributed by atoms with E-state index < -0.39 is 0 Å². The molecule has 0 spiro atoms. The Labute approximate surface area is 83.9 Å². The van der Waals surface area contributed by atoms with Gasteiger partial charge in [0.2, 0.25) is 0 Å². The summed E-state index contributed by atoms with van der Waals surface area (Å²) in [6, 6.07) is 0.638. The molecule has 0 radical (unpaired) electrons. The molecule has 1 fully saturated rings. The zero-order chi connectivity index (χ0) is 9.97. The molecule has 78 valence electrons. The van der Waals surface area contributed by atoms with Crippen molar-refractivity contribution in [1.82, 2.24) is 25.5 Å². The molecule has 5 nitrogen and oxygen atoms in total. The van der Waals surface area contributed by atoms with Crippen molar-refractivity contribution >= 4 is 0 Å². The largest absolute Gasteiger partial charge is 0.314 e. The normalized spacial score (nSPS) is 24.0. The highest BCUT2D eigenvalue weighted by Gasteiger charge is 2.22. The molecular formula is C9H17N5. The molecule has 2 atom stereocenters. The van der Waals surface area contributed by atoms with Crippen LogP contribution in [0.2, 0.25) is 0 Å². The van der Waals surface area contributed by atoms with Crippen LogP contribution in [-0.4, -0.2) is 32.8 Å². The third-order valence-corrected chi connectivity index (χ3v) is 2.84. The standard InChI is InChI=1S/C9H17N5/c1-7(8-4-3-5-10-8)6-9-11-13-14(2)12-9/h7-8,10H,3-6H2,1-2H3. The Morgan fingerprint density at radius 1 is 1.64 bits per heavy atom. The first kappa shape index (κ1) is 9.58. The Kier molecular flexibility index (Phi) is 2.77. The molecule has 0 aliphatic carbocycles.